The average molecular weight is 223 g/mol. The largest absolute Gasteiger partial charge is 0.480 e. The van der Waals surface area contributed by atoms with Gasteiger partial charge in [-0.25, -0.2) is 4.98 Å². The van der Waals surface area contributed by atoms with Gasteiger partial charge in [0.15, 0.2) is 0 Å². The van der Waals surface area contributed by atoms with Gasteiger partial charge in [0.2, 0.25) is 11.8 Å². The first kappa shape index (κ1) is 11.1. The molecule has 2 N–H and O–H groups in total. The van der Waals surface area contributed by atoms with Gasteiger partial charge in [-0.05, 0) is 19.8 Å². The van der Waals surface area contributed by atoms with Crippen molar-refractivity contribution < 1.29 is 9.47 Å². The third-order valence-electron chi connectivity index (χ3n) is 2.64. The summed E-state index contributed by atoms with van der Waals surface area (Å²) in [4.78, 5) is 8.47. The standard InChI is InChI=1S/C11H17N3O2/c1-7(12)3-4-8-5-9-11(16-8)14-10(15-2)6-13-9/h6-8H,3-5,12H2,1-2H3/t7-,8?/m1/s1. The summed E-state index contributed by atoms with van der Waals surface area (Å²) in [5, 5.41) is 0. The Hall–Kier alpha value is -1.36. The number of methoxy groups -OCH3 is 1. The number of hydrogen-bond donors (Lipinski definition) is 1. The van der Waals surface area contributed by atoms with Gasteiger partial charge < -0.3 is 15.2 Å². The van der Waals surface area contributed by atoms with E-state index in [9.17, 15) is 0 Å². The van der Waals surface area contributed by atoms with Crippen LogP contribution in [0.2, 0.25) is 0 Å². The monoisotopic (exact) mass is 223 g/mol. The summed E-state index contributed by atoms with van der Waals surface area (Å²) in [6.07, 6.45) is 4.50. The molecule has 1 aliphatic rings. The van der Waals surface area contributed by atoms with Crippen molar-refractivity contribution in [2.24, 2.45) is 5.73 Å². The van der Waals surface area contributed by atoms with Crippen molar-refractivity contribution in [2.75, 3.05) is 7.11 Å². The minimum absolute atomic E-state index is 0.160. The first-order chi connectivity index (χ1) is 7.69. The van der Waals surface area contributed by atoms with Gasteiger partial charge >= 0.3 is 0 Å². The van der Waals surface area contributed by atoms with Crippen molar-refractivity contribution in [3.8, 4) is 11.8 Å². The molecule has 2 atom stereocenters. The van der Waals surface area contributed by atoms with E-state index in [1.165, 1.54) is 0 Å². The van der Waals surface area contributed by atoms with Crippen LogP contribution in [0.25, 0.3) is 0 Å². The highest BCUT2D eigenvalue weighted by molar-refractivity contribution is 5.27. The normalized spacial score (nSPS) is 20.1. The molecule has 0 fully saturated rings. The van der Waals surface area contributed by atoms with Crippen LogP contribution in [0.5, 0.6) is 11.8 Å². The smallest absolute Gasteiger partial charge is 0.239 e. The second-order valence-electron chi connectivity index (χ2n) is 4.16. The zero-order valence-electron chi connectivity index (χ0n) is 9.64. The summed E-state index contributed by atoms with van der Waals surface area (Å²) in [5.41, 5.74) is 6.63. The van der Waals surface area contributed by atoms with Crippen LogP contribution in [-0.4, -0.2) is 29.2 Å². The van der Waals surface area contributed by atoms with Crippen molar-refractivity contribution in [1.29, 1.82) is 0 Å². The SMILES string of the molecule is COc1cnc2c(n1)OC(CC[C@@H](C)N)C2. The molecule has 88 valence electrons. The molecule has 0 spiro atoms. The van der Waals surface area contributed by atoms with Gasteiger partial charge in [-0.15, -0.1) is 0 Å². The van der Waals surface area contributed by atoms with Crippen LogP contribution < -0.4 is 15.2 Å². The molecule has 0 aliphatic carbocycles. The van der Waals surface area contributed by atoms with Crippen LogP contribution in [0, 0.1) is 0 Å². The van der Waals surface area contributed by atoms with E-state index in [0.717, 1.165) is 25.0 Å². The summed E-state index contributed by atoms with van der Waals surface area (Å²) in [6, 6.07) is 0.211. The number of aromatic nitrogens is 2. The van der Waals surface area contributed by atoms with Gasteiger partial charge in [-0.1, -0.05) is 0 Å². The molecule has 1 aromatic heterocycles. The highest BCUT2D eigenvalue weighted by Crippen LogP contribution is 2.28. The number of fused-ring (bicyclic) bond motifs is 1. The van der Waals surface area contributed by atoms with Crippen molar-refractivity contribution in [3.05, 3.63) is 11.9 Å². The van der Waals surface area contributed by atoms with Crippen LogP contribution in [0.3, 0.4) is 0 Å². The number of nitrogens with two attached hydrogens (primary N) is 1. The maximum Gasteiger partial charge on any atom is 0.239 e. The minimum atomic E-state index is 0.160. The average Bonchev–Trinajstić information content (AvgIpc) is 2.67. The molecule has 1 aliphatic heterocycles. The minimum Gasteiger partial charge on any atom is -0.480 e. The summed E-state index contributed by atoms with van der Waals surface area (Å²) in [6.45, 7) is 2.00. The zero-order valence-corrected chi connectivity index (χ0v) is 9.64. The van der Waals surface area contributed by atoms with E-state index < -0.39 is 0 Å². The molecule has 5 nitrogen and oxygen atoms in total. The number of hydrogen-bond acceptors (Lipinski definition) is 5. The summed E-state index contributed by atoms with van der Waals surface area (Å²) in [5.74, 6) is 1.10. The fourth-order valence-corrected chi connectivity index (χ4v) is 1.74. The van der Waals surface area contributed by atoms with Crippen molar-refractivity contribution >= 4 is 0 Å². The van der Waals surface area contributed by atoms with Crippen LogP contribution >= 0.6 is 0 Å². The maximum atomic E-state index is 5.71. The Morgan fingerprint density at radius 3 is 3.19 bits per heavy atom. The highest BCUT2D eigenvalue weighted by atomic mass is 16.5. The Morgan fingerprint density at radius 2 is 2.50 bits per heavy atom. The quantitative estimate of drug-likeness (QED) is 0.821. The summed E-state index contributed by atoms with van der Waals surface area (Å²) >= 11 is 0. The van der Waals surface area contributed by atoms with Crippen LogP contribution in [0.15, 0.2) is 6.20 Å². The molecule has 0 bridgehead atoms. The summed E-state index contributed by atoms with van der Waals surface area (Å²) < 4.78 is 10.7. The van der Waals surface area contributed by atoms with E-state index in [0.29, 0.717) is 11.8 Å². The fourth-order valence-electron chi connectivity index (χ4n) is 1.74. The van der Waals surface area contributed by atoms with Crippen LogP contribution in [0.1, 0.15) is 25.5 Å². The lowest BCUT2D eigenvalue weighted by Gasteiger charge is -2.11. The zero-order chi connectivity index (χ0) is 11.5. The van der Waals surface area contributed by atoms with Gasteiger partial charge in [0.05, 0.1) is 13.3 Å². The Bertz CT molecular complexity index is 368. The second-order valence-corrected chi connectivity index (χ2v) is 4.16. The first-order valence-electron chi connectivity index (χ1n) is 5.51. The Kier molecular flexibility index (Phi) is 3.24. The molecule has 16 heavy (non-hydrogen) atoms. The van der Waals surface area contributed by atoms with E-state index in [4.69, 9.17) is 15.2 Å². The molecule has 0 saturated heterocycles. The third-order valence-corrected chi connectivity index (χ3v) is 2.64. The van der Waals surface area contributed by atoms with Crippen molar-refractivity contribution in [2.45, 2.75) is 38.3 Å². The molecule has 0 radical (unpaired) electrons. The van der Waals surface area contributed by atoms with E-state index in [1.54, 1.807) is 13.3 Å². The van der Waals surface area contributed by atoms with Crippen LogP contribution in [-0.2, 0) is 6.42 Å². The number of ether oxygens (including phenoxy) is 2. The topological polar surface area (TPSA) is 70.3 Å². The lowest BCUT2D eigenvalue weighted by atomic mass is 10.1. The van der Waals surface area contributed by atoms with Crippen molar-refractivity contribution in [1.82, 2.24) is 9.97 Å². The Morgan fingerprint density at radius 1 is 1.69 bits per heavy atom. The second kappa shape index (κ2) is 4.65. The maximum absolute atomic E-state index is 5.71. The Labute approximate surface area is 95.0 Å². The molecule has 2 rings (SSSR count). The van der Waals surface area contributed by atoms with Gasteiger partial charge in [-0.3, -0.25) is 0 Å². The number of rotatable bonds is 4. The van der Waals surface area contributed by atoms with Gasteiger partial charge in [0.25, 0.3) is 0 Å². The van der Waals surface area contributed by atoms with Gasteiger partial charge in [-0.2, -0.15) is 4.98 Å². The van der Waals surface area contributed by atoms with E-state index >= 15 is 0 Å². The molecular weight excluding hydrogens is 206 g/mol. The van der Waals surface area contributed by atoms with E-state index in [1.807, 2.05) is 6.92 Å². The van der Waals surface area contributed by atoms with Crippen LogP contribution in [0.4, 0.5) is 0 Å². The van der Waals surface area contributed by atoms with E-state index in [2.05, 4.69) is 9.97 Å². The fraction of sp³-hybridized carbons (Fsp3) is 0.636. The van der Waals surface area contributed by atoms with Gasteiger partial charge in [0.1, 0.15) is 11.8 Å². The molecule has 2 heterocycles. The number of nitrogens with zero attached hydrogens (tertiary/aromatic N) is 2. The summed E-state index contributed by atoms with van der Waals surface area (Å²) in [7, 11) is 1.57. The van der Waals surface area contributed by atoms with E-state index in [-0.39, 0.29) is 12.1 Å². The first-order valence-corrected chi connectivity index (χ1v) is 5.51. The molecule has 0 aromatic carbocycles. The third kappa shape index (κ3) is 2.41. The lowest BCUT2D eigenvalue weighted by molar-refractivity contribution is 0.206. The molecule has 5 heteroatoms. The predicted molar refractivity (Wildman–Crippen MR) is 59.6 cm³/mol. The molecule has 0 saturated carbocycles. The van der Waals surface area contributed by atoms with Crippen molar-refractivity contribution in [3.63, 3.8) is 0 Å². The molecular formula is C11H17N3O2. The Balaban J connectivity index is 1.98. The predicted octanol–water partition coefficient (Wildman–Crippen LogP) is 0.916. The molecule has 1 unspecified atom stereocenters. The highest BCUT2D eigenvalue weighted by Gasteiger charge is 2.25. The lowest BCUT2D eigenvalue weighted by Crippen LogP contribution is -2.20. The molecule has 1 aromatic rings. The van der Waals surface area contributed by atoms with Gasteiger partial charge in [0, 0.05) is 12.5 Å². The molecule has 0 amide bonds.